The van der Waals surface area contributed by atoms with Crippen molar-refractivity contribution in [2.45, 2.75) is 95.0 Å². The summed E-state index contributed by atoms with van der Waals surface area (Å²) < 4.78 is 0. The van der Waals surface area contributed by atoms with Gasteiger partial charge in [0.15, 0.2) is 0 Å². The Bertz CT molecular complexity index is 1710. The van der Waals surface area contributed by atoms with Gasteiger partial charge in [-0.2, -0.15) is 0 Å². The van der Waals surface area contributed by atoms with Crippen LogP contribution < -0.4 is 38.1 Å². The first-order chi connectivity index (χ1) is 27.2. The van der Waals surface area contributed by atoms with Crippen LogP contribution in [0, 0.1) is 5.92 Å². The van der Waals surface area contributed by atoms with Crippen LogP contribution >= 0.6 is 0 Å². The number of carbonyl (C=O) groups excluding carboxylic acids is 8. The summed E-state index contributed by atoms with van der Waals surface area (Å²) >= 11 is 0. The molecule has 2 aromatic carbocycles. The lowest BCUT2D eigenvalue weighted by molar-refractivity contribution is -0.143. The zero-order chi connectivity index (χ0) is 42.1. The van der Waals surface area contributed by atoms with Crippen LogP contribution in [0.4, 0.5) is 0 Å². The Morgan fingerprint density at radius 2 is 1.54 bits per heavy atom. The minimum Gasteiger partial charge on any atom is -0.508 e. The van der Waals surface area contributed by atoms with Gasteiger partial charge in [0, 0.05) is 13.0 Å². The standard InChI is InChI=1S/C39H54N8O10/c1-3-23(2)34(46-36(54)29(15-16-32(41)51)44-33(52)20-42-35(53)28(40)19-25-11-13-27(50)14-12-25)38(56)45-30(22-49)39(57)47-17-7-10-31(47)37(55)43-26(21-48)18-24-8-5-4-6-9-24/h4-6,8-9,11-14,21,23,26,28-31,34,49-50H,3,7,10,15-20,22,40H2,1-2H3,(H2,41,51)(H,42,53)(H,43,55)(H,44,52)(H,45,56)(H,46,54). The molecule has 1 heterocycles. The predicted molar refractivity (Wildman–Crippen MR) is 206 cm³/mol. The fourth-order valence-corrected chi connectivity index (χ4v) is 6.26. The number of rotatable bonds is 22. The van der Waals surface area contributed by atoms with Crippen molar-refractivity contribution in [3.05, 3.63) is 65.7 Å². The van der Waals surface area contributed by atoms with Crippen molar-refractivity contribution < 1.29 is 48.6 Å². The Labute approximate surface area is 330 Å². The molecule has 57 heavy (non-hydrogen) atoms. The van der Waals surface area contributed by atoms with Gasteiger partial charge in [0.25, 0.3) is 0 Å². The number of likely N-dealkylation sites (tertiary alicyclic amines) is 1. The van der Waals surface area contributed by atoms with Crippen LogP contribution in [0.5, 0.6) is 5.75 Å². The second kappa shape index (κ2) is 22.6. The molecule has 3 rings (SSSR count). The topological polar surface area (TPSA) is 292 Å². The van der Waals surface area contributed by atoms with Gasteiger partial charge < -0.3 is 58.0 Å². The van der Waals surface area contributed by atoms with Crippen molar-refractivity contribution in [2.75, 3.05) is 19.7 Å². The maximum atomic E-state index is 13.7. The summed E-state index contributed by atoms with van der Waals surface area (Å²) in [6.45, 7) is 2.17. The van der Waals surface area contributed by atoms with Gasteiger partial charge in [-0.1, -0.05) is 62.7 Å². The minimum atomic E-state index is -1.49. The molecule has 18 nitrogen and oxygen atoms in total. The van der Waals surface area contributed by atoms with E-state index < -0.39 is 96.7 Å². The van der Waals surface area contributed by atoms with E-state index in [-0.39, 0.29) is 38.0 Å². The maximum Gasteiger partial charge on any atom is 0.248 e. The molecule has 0 saturated carbocycles. The minimum absolute atomic E-state index is 0.0451. The van der Waals surface area contributed by atoms with Crippen LogP contribution in [-0.2, 0) is 51.2 Å². The van der Waals surface area contributed by atoms with Crippen LogP contribution in [0.3, 0.4) is 0 Å². The molecule has 0 radical (unpaired) electrons. The fourth-order valence-electron chi connectivity index (χ4n) is 6.26. The summed E-state index contributed by atoms with van der Waals surface area (Å²) in [5.41, 5.74) is 12.8. The van der Waals surface area contributed by atoms with E-state index in [0.29, 0.717) is 31.1 Å². The SMILES string of the molecule is CCC(C)C(NC(=O)C(CCC(N)=O)NC(=O)CNC(=O)C(N)Cc1ccc(O)cc1)C(=O)NC(CO)C(=O)N1CCCC1C(=O)NC(C=O)Cc1ccccc1. The van der Waals surface area contributed by atoms with E-state index in [0.717, 1.165) is 5.56 Å². The van der Waals surface area contributed by atoms with Crippen LogP contribution in [0.2, 0.25) is 0 Å². The normalized spacial score (nSPS) is 16.8. The largest absolute Gasteiger partial charge is 0.508 e. The maximum absolute atomic E-state index is 13.7. The highest BCUT2D eigenvalue weighted by atomic mass is 16.3. The monoisotopic (exact) mass is 794 g/mol. The van der Waals surface area contributed by atoms with Gasteiger partial charge in [-0.25, -0.2) is 0 Å². The van der Waals surface area contributed by atoms with Gasteiger partial charge in [0.05, 0.1) is 25.2 Å². The van der Waals surface area contributed by atoms with Crippen LogP contribution in [0.1, 0.15) is 57.1 Å². The molecule has 0 bridgehead atoms. The predicted octanol–water partition coefficient (Wildman–Crippen LogP) is -1.95. The van der Waals surface area contributed by atoms with Gasteiger partial charge in [-0.05, 0) is 61.3 Å². The zero-order valence-corrected chi connectivity index (χ0v) is 32.1. The third kappa shape index (κ3) is 14.3. The Morgan fingerprint density at radius 3 is 2.16 bits per heavy atom. The summed E-state index contributed by atoms with van der Waals surface area (Å²) in [6.07, 6.45) is 1.55. The van der Waals surface area contributed by atoms with Gasteiger partial charge >= 0.3 is 0 Å². The van der Waals surface area contributed by atoms with Crippen molar-refractivity contribution in [3.63, 3.8) is 0 Å². The van der Waals surface area contributed by atoms with Gasteiger partial charge in [0.1, 0.15) is 36.2 Å². The summed E-state index contributed by atoms with van der Waals surface area (Å²) in [7, 11) is 0. The number of primary amides is 1. The number of phenols is 1. The molecule has 1 saturated heterocycles. The molecule has 2 aromatic rings. The Balaban J connectivity index is 1.64. The number of amides is 7. The number of aromatic hydroxyl groups is 1. The number of aliphatic hydroxyl groups is 1. The summed E-state index contributed by atoms with van der Waals surface area (Å²) in [5.74, 6) is -5.68. The van der Waals surface area contributed by atoms with Crippen molar-refractivity contribution in [1.82, 2.24) is 31.5 Å². The van der Waals surface area contributed by atoms with E-state index in [1.807, 2.05) is 30.3 Å². The molecule has 310 valence electrons. The van der Waals surface area contributed by atoms with E-state index in [2.05, 4.69) is 26.6 Å². The van der Waals surface area contributed by atoms with Crippen molar-refractivity contribution in [1.29, 1.82) is 0 Å². The van der Waals surface area contributed by atoms with E-state index in [9.17, 15) is 48.6 Å². The summed E-state index contributed by atoms with van der Waals surface area (Å²) in [5, 5.41) is 32.2. The second-order valence-corrected chi connectivity index (χ2v) is 14.1. The molecular weight excluding hydrogens is 740 g/mol. The third-order valence-electron chi connectivity index (χ3n) is 9.70. The van der Waals surface area contributed by atoms with Crippen LogP contribution in [0.25, 0.3) is 0 Å². The van der Waals surface area contributed by atoms with Gasteiger partial charge in [0.2, 0.25) is 41.4 Å². The molecule has 0 aliphatic carbocycles. The molecule has 1 fully saturated rings. The number of benzene rings is 2. The summed E-state index contributed by atoms with van der Waals surface area (Å²) in [6, 6.07) is 8.17. The molecule has 7 atom stereocenters. The molecule has 18 heteroatoms. The van der Waals surface area contributed by atoms with E-state index in [1.54, 1.807) is 26.0 Å². The first-order valence-electron chi connectivity index (χ1n) is 18.9. The average Bonchev–Trinajstić information content (AvgIpc) is 3.70. The number of nitrogens with two attached hydrogens (primary N) is 2. The lowest BCUT2D eigenvalue weighted by Crippen LogP contribution is -2.60. The molecule has 7 unspecified atom stereocenters. The van der Waals surface area contributed by atoms with E-state index in [1.165, 1.54) is 17.0 Å². The first-order valence-corrected chi connectivity index (χ1v) is 18.9. The second-order valence-electron chi connectivity index (χ2n) is 14.1. The molecule has 1 aliphatic rings. The zero-order valence-electron chi connectivity index (χ0n) is 32.1. The lowest BCUT2D eigenvalue weighted by atomic mass is 9.97. The molecule has 11 N–H and O–H groups in total. The Morgan fingerprint density at radius 1 is 0.877 bits per heavy atom. The number of nitrogens with one attached hydrogen (secondary N) is 5. The van der Waals surface area contributed by atoms with Gasteiger partial charge in [-0.3, -0.25) is 33.6 Å². The van der Waals surface area contributed by atoms with E-state index >= 15 is 0 Å². The number of carbonyl (C=O) groups is 8. The molecule has 0 aromatic heterocycles. The highest BCUT2D eigenvalue weighted by Gasteiger charge is 2.39. The lowest BCUT2D eigenvalue weighted by Gasteiger charge is -2.31. The number of hydrogen-bond donors (Lipinski definition) is 9. The van der Waals surface area contributed by atoms with E-state index in [4.69, 9.17) is 11.5 Å². The Hall–Kier alpha value is -5.88. The number of hydrogen-bond acceptors (Lipinski definition) is 11. The quantitative estimate of drug-likeness (QED) is 0.0591. The molecule has 7 amide bonds. The van der Waals surface area contributed by atoms with Crippen LogP contribution in [-0.4, -0.2) is 119 Å². The molecule has 1 aliphatic heterocycles. The fraction of sp³-hybridized carbons (Fsp3) is 0.487. The molecule has 0 spiro atoms. The van der Waals surface area contributed by atoms with Crippen molar-refractivity contribution >= 4 is 47.6 Å². The smallest absolute Gasteiger partial charge is 0.248 e. The van der Waals surface area contributed by atoms with Crippen molar-refractivity contribution in [3.8, 4) is 5.75 Å². The Kier molecular flexibility index (Phi) is 18.1. The number of nitrogens with zero attached hydrogens (tertiary/aromatic N) is 1. The van der Waals surface area contributed by atoms with Crippen molar-refractivity contribution in [2.24, 2.45) is 17.4 Å². The summed E-state index contributed by atoms with van der Waals surface area (Å²) in [4.78, 5) is 104. The first kappa shape index (κ1) is 45.5. The number of aldehydes is 1. The average molecular weight is 795 g/mol. The van der Waals surface area contributed by atoms with Gasteiger partial charge in [-0.15, -0.1) is 0 Å². The third-order valence-corrected chi connectivity index (χ3v) is 9.70. The highest BCUT2D eigenvalue weighted by Crippen LogP contribution is 2.20. The van der Waals surface area contributed by atoms with Crippen LogP contribution in [0.15, 0.2) is 54.6 Å². The molecular formula is C39H54N8O10. The highest BCUT2D eigenvalue weighted by molar-refractivity contribution is 5.97. The number of aliphatic hydroxyl groups excluding tert-OH is 1. The number of phenolic OH excluding ortho intramolecular Hbond substituents is 1.